The SMILES string of the molecule is CNCC(C)C(=O)NCCNC(=O)c1ccc(Cl)cc1. The van der Waals surface area contributed by atoms with Gasteiger partial charge in [-0.05, 0) is 31.3 Å². The molecule has 0 radical (unpaired) electrons. The Kier molecular flexibility index (Phi) is 7.04. The van der Waals surface area contributed by atoms with E-state index in [0.717, 1.165) is 0 Å². The molecule has 0 heterocycles. The number of carbonyl (C=O) groups is 2. The Bertz CT molecular complexity index is 448. The monoisotopic (exact) mass is 297 g/mol. The molecule has 6 heteroatoms. The number of rotatable bonds is 7. The lowest BCUT2D eigenvalue weighted by Crippen LogP contribution is -2.39. The number of amides is 2. The summed E-state index contributed by atoms with van der Waals surface area (Å²) in [5.41, 5.74) is 0.546. The number of halogens is 1. The summed E-state index contributed by atoms with van der Waals surface area (Å²) in [6.07, 6.45) is 0. The average molecular weight is 298 g/mol. The third-order valence-electron chi connectivity index (χ3n) is 2.77. The molecule has 1 unspecified atom stereocenters. The van der Waals surface area contributed by atoms with E-state index >= 15 is 0 Å². The second-order valence-corrected chi connectivity index (χ2v) is 4.95. The highest BCUT2D eigenvalue weighted by molar-refractivity contribution is 6.30. The lowest BCUT2D eigenvalue weighted by molar-refractivity contribution is -0.124. The standard InChI is InChI=1S/C14H20ClN3O2/c1-10(9-16-2)13(19)17-7-8-18-14(20)11-3-5-12(15)6-4-11/h3-6,10,16H,7-9H2,1-2H3,(H,17,19)(H,18,20). The predicted molar refractivity (Wildman–Crippen MR) is 79.9 cm³/mol. The van der Waals surface area contributed by atoms with Crippen LogP contribution in [0.25, 0.3) is 0 Å². The van der Waals surface area contributed by atoms with Gasteiger partial charge in [0, 0.05) is 36.1 Å². The molecule has 0 saturated heterocycles. The predicted octanol–water partition coefficient (Wildman–Crippen LogP) is 1.04. The van der Waals surface area contributed by atoms with Crippen LogP contribution in [0.2, 0.25) is 5.02 Å². The van der Waals surface area contributed by atoms with Gasteiger partial charge < -0.3 is 16.0 Å². The minimum absolute atomic E-state index is 0.0277. The summed E-state index contributed by atoms with van der Waals surface area (Å²) in [4.78, 5) is 23.4. The summed E-state index contributed by atoms with van der Waals surface area (Å²) in [5.74, 6) is -0.300. The van der Waals surface area contributed by atoms with Crippen molar-refractivity contribution in [2.24, 2.45) is 5.92 Å². The maximum atomic E-state index is 11.8. The van der Waals surface area contributed by atoms with Crippen LogP contribution in [0.1, 0.15) is 17.3 Å². The minimum Gasteiger partial charge on any atom is -0.354 e. The van der Waals surface area contributed by atoms with E-state index in [-0.39, 0.29) is 17.7 Å². The first kappa shape index (κ1) is 16.5. The fourth-order valence-electron chi connectivity index (χ4n) is 1.64. The molecule has 5 nitrogen and oxygen atoms in total. The van der Waals surface area contributed by atoms with Crippen LogP contribution in [0.15, 0.2) is 24.3 Å². The van der Waals surface area contributed by atoms with Crippen LogP contribution >= 0.6 is 11.6 Å². The first-order chi connectivity index (χ1) is 9.54. The Balaban J connectivity index is 2.25. The first-order valence-corrected chi connectivity index (χ1v) is 6.88. The molecule has 0 spiro atoms. The number of carbonyl (C=O) groups excluding carboxylic acids is 2. The van der Waals surface area contributed by atoms with Crippen LogP contribution in [0.5, 0.6) is 0 Å². The van der Waals surface area contributed by atoms with Crippen LogP contribution in [0.4, 0.5) is 0 Å². The fourth-order valence-corrected chi connectivity index (χ4v) is 1.76. The van der Waals surface area contributed by atoms with Gasteiger partial charge in [0.25, 0.3) is 5.91 Å². The van der Waals surface area contributed by atoms with Crippen molar-refractivity contribution in [3.8, 4) is 0 Å². The van der Waals surface area contributed by atoms with Crippen LogP contribution in [0, 0.1) is 5.92 Å². The highest BCUT2D eigenvalue weighted by Gasteiger charge is 2.10. The van der Waals surface area contributed by atoms with Crippen molar-refractivity contribution >= 4 is 23.4 Å². The highest BCUT2D eigenvalue weighted by Crippen LogP contribution is 2.09. The van der Waals surface area contributed by atoms with Gasteiger partial charge in [0.1, 0.15) is 0 Å². The third-order valence-corrected chi connectivity index (χ3v) is 3.03. The normalized spacial score (nSPS) is 11.8. The lowest BCUT2D eigenvalue weighted by Gasteiger charge is -2.12. The van der Waals surface area contributed by atoms with Gasteiger partial charge in [-0.25, -0.2) is 0 Å². The molecular weight excluding hydrogens is 278 g/mol. The van der Waals surface area contributed by atoms with Gasteiger partial charge in [-0.1, -0.05) is 18.5 Å². The maximum Gasteiger partial charge on any atom is 0.251 e. The summed E-state index contributed by atoms with van der Waals surface area (Å²) in [6, 6.07) is 6.64. The first-order valence-electron chi connectivity index (χ1n) is 6.50. The van der Waals surface area contributed by atoms with Crippen molar-refractivity contribution in [3.63, 3.8) is 0 Å². The number of hydrogen-bond acceptors (Lipinski definition) is 3. The van der Waals surface area contributed by atoms with Gasteiger partial charge in [-0.15, -0.1) is 0 Å². The maximum absolute atomic E-state index is 11.8. The lowest BCUT2D eigenvalue weighted by atomic mass is 10.1. The molecule has 20 heavy (non-hydrogen) atoms. The van der Waals surface area contributed by atoms with Crippen LogP contribution in [-0.2, 0) is 4.79 Å². The second-order valence-electron chi connectivity index (χ2n) is 4.51. The Morgan fingerprint density at radius 1 is 1.15 bits per heavy atom. The van der Waals surface area contributed by atoms with E-state index in [0.29, 0.717) is 30.2 Å². The van der Waals surface area contributed by atoms with Gasteiger partial charge >= 0.3 is 0 Å². The Hall–Kier alpha value is -1.59. The molecule has 0 fully saturated rings. The Morgan fingerprint density at radius 3 is 2.35 bits per heavy atom. The molecule has 1 rings (SSSR count). The molecular formula is C14H20ClN3O2. The number of nitrogens with one attached hydrogen (secondary N) is 3. The van der Waals surface area contributed by atoms with E-state index in [2.05, 4.69) is 16.0 Å². The van der Waals surface area contributed by atoms with Crippen molar-refractivity contribution in [1.29, 1.82) is 0 Å². The zero-order chi connectivity index (χ0) is 15.0. The highest BCUT2D eigenvalue weighted by atomic mass is 35.5. The molecule has 0 aliphatic rings. The average Bonchev–Trinajstić information content (AvgIpc) is 2.44. The molecule has 3 N–H and O–H groups in total. The van der Waals surface area contributed by atoms with Crippen LogP contribution in [0.3, 0.4) is 0 Å². The Morgan fingerprint density at radius 2 is 1.75 bits per heavy atom. The van der Waals surface area contributed by atoms with Crippen molar-refractivity contribution in [1.82, 2.24) is 16.0 Å². The zero-order valence-corrected chi connectivity index (χ0v) is 12.5. The van der Waals surface area contributed by atoms with Gasteiger partial charge in [0.15, 0.2) is 0 Å². The van der Waals surface area contributed by atoms with E-state index in [1.165, 1.54) is 0 Å². The third kappa shape index (κ3) is 5.59. The molecule has 0 saturated carbocycles. The number of hydrogen-bond donors (Lipinski definition) is 3. The van der Waals surface area contributed by atoms with Crippen molar-refractivity contribution in [2.75, 3.05) is 26.7 Å². The van der Waals surface area contributed by atoms with Crippen LogP contribution in [-0.4, -0.2) is 38.5 Å². The Labute approximate surface area is 124 Å². The molecule has 0 bridgehead atoms. The molecule has 0 aliphatic heterocycles. The molecule has 1 aromatic rings. The van der Waals surface area contributed by atoms with E-state index in [1.54, 1.807) is 31.3 Å². The fraction of sp³-hybridized carbons (Fsp3) is 0.429. The van der Waals surface area contributed by atoms with Gasteiger partial charge in [-0.3, -0.25) is 9.59 Å². The summed E-state index contributed by atoms with van der Waals surface area (Å²) < 4.78 is 0. The quantitative estimate of drug-likeness (QED) is 0.659. The van der Waals surface area contributed by atoms with Gasteiger partial charge in [-0.2, -0.15) is 0 Å². The van der Waals surface area contributed by atoms with Gasteiger partial charge in [0.2, 0.25) is 5.91 Å². The van der Waals surface area contributed by atoms with Gasteiger partial charge in [0.05, 0.1) is 0 Å². The molecule has 2 amide bonds. The van der Waals surface area contributed by atoms with E-state index in [1.807, 2.05) is 6.92 Å². The zero-order valence-electron chi connectivity index (χ0n) is 11.7. The van der Waals surface area contributed by atoms with Crippen molar-refractivity contribution < 1.29 is 9.59 Å². The summed E-state index contributed by atoms with van der Waals surface area (Å²) >= 11 is 5.75. The molecule has 1 atom stereocenters. The molecule has 110 valence electrons. The molecule has 0 aromatic heterocycles. The molecule has 1 aromatic carbocycles. The number of benzene rings is 1. The largest absolute Gasteiger partial charge is 0.354 e. The summed E-state index contributed by atoms with van der Waals surface area (Å²) in [6.45, 7) is 3.27. The van der Waals surface area contributed by atoms with E-state index in [9.17, 15) is 9.59 Å². The minimum atomic E-state index is -0.181. The van der Waals surface area contributed by atoms with Crippen molar-refractivity contribution in [3.05, 3.63) is 34.9 Å². The van der Waals surface area contributed by atoms with Crippen LogP contribution < -0.4 is 16.0 Å². The topological polar surface area (TPSA) is 70.2 Å². The smallest absolute Gasteiger partial charge is 0.251 e. The summed E-state index contributed by atoms with van der Waals surface area (Å²) in [7, 11) is 1.80. The molecule has 0 aliphatic carbocycles. The second kappa shape index (κ2) is 8.55. The van der Waals surface area contributed by atoms with E-state index in [4.69, 9.17) is 11.6 Å². The van der Waals surface area contributed by atoms with E-state index < -0.39 is 0 Å². The summed E-state index contributed by atoms with van der Waals surface area (Å²) in [5, 5.41) is 9.03. The van der Waals surface area contributed by atoms with Crippen molar-refractivity contribution in [2.45, 2.75) is 6.92 Å².